The van der Waals surface area contributed by atoms with Gasteiger partial charge in [0.15, 0.2) is 0 Å². The maximum atomic E-state index is 8.56. The van der Waals surface area contributed by atoms with Gasteiger partial charge in [0.2, 0.25) is 0 Å². The van der Waals surface area contributed by atoms with E-state index in [-0.39, 0.29) is 0 Å². The molecule has 0 unspecified atom stereocenters. The molecule has 0 aliphatic heterocycles. The van der Waals surface area contributed by atoms with Crippen LogP contribution in [0.3, 0.4) is 0 Å². The molecule has 0 saturated heterocycles. The van der Waals surface area contributed by atoms with Gasteiger partial charge >= 0.3 is 7.12 Å². The minimum atomic E-state index is -1.39. The van der Waals surface area contributed by atoms with Crippen molar-refractivity contribution in [3.05, 3.63) is 40.3 Å². The van der Waals surface area contributed by atoms with Gasteiger partial charge in [-0.1, -0.05) is 46.2 Å². The first kappa shape index (κ1) is 9.51. The molecular weight excluding hydrogens is 219 g/mol. The molecule has 1 aromatic rings. The van der Waals surface area contributed by atoms with Crippen molar-refractivity contribution in [3.63, 3.8) is 0 Å². The highest BCUT2D eigenvalue weighted by Crippen LogP contribution is 2.16. The smallest absolute Gasteiger partial charge is 0.424 e. The summed E-state index contributed by atoms with van der Waals surface area (Å²) in [6.45, 7) is 0. The summed E-state index contributed by atoms with van der Waals surface area (Å²) in [4.78, 5) is 0. The van der Waals surface area contributed by atoms with Crippen molar-refractivity contribution in [2.75, 3.05) is 0 Å². The Labute approximate surface area is 79.8 Å². The molecule has 0 aromatic heterocycles. The van der Waals surface area contributed by atoms with E-state index in [4.69, 9.17) is 10.0 Å². The quantitative estimate of drug-likeness (QED) is 0.751. The predicted molar refractivity (Wildman–Crippen MR) is 53.4 cm³/mol. The third-order valence-electron chi connectivity index (χ3n) is 1.35. The second kappa shape index (κ2) is 4.45. The Kier molecular flexibility index (Phi) is 3.53. The summed E-state index contributed by atoms with van der Waals surface area (Å²) in [6.07, 6.45) is 1.65. The van der Waals surface area contributed by atoms with E-state index in [0.717, 1.165) is 10.0 Å². The van der Waals surface area contributed by atoms with Gasteiger partial charge in [-0.25, -0.2) is 0 Å². The Morgan fingerprint density at radius 2 is 1.92 bits per heavy atom. The lowest BCUT2D eigenvalue weighted by Gasteiger charge is -1.95. The maximum Gasteiger partial charge on any atom is 0.480 e. The molecular formula is C8H8BBrO2. The molecule has 1 rings (SSSR count). The highest BCUT2D eigenvalue weighted by molar-refractivity contribution is 9.10. The fourth-order valence-corrected chi connectivity index (χ4v) is 1.22. The Hall–Kier alpha value is -0.575. The zero-order valence-corrected chi connectivity index (χ0v) is 7.90. The molecule has 2 N–H and O–H groups in total. The van der Waals surface area contributed by atoms with E-state index in [1.807, 2.05) is 24.3 Å². The number of hydrogen-bond donors (Lipinski definition) is 2. The third-order valence-corrected chi connectivity index (χ3v) is 2.08. The summed E-state index contributed by atoms with van der Waals surface area (Å²) >= 11 is 3.33. The summed E-state index contributed by atoms with van der Waals surface area (Å²) < 4.78 is 0.932. The summed E-state index contributed by atoms with van der Waals surface area (Å²) in [6, 6.07) is 7.55. The van der Waals surface area contributed by atoms with Gasteiger partial charge in [0, 0.05) is 4.47 Å². The standard InChI is InChI=1S/C8H8BBrO2/c10-8-4-2-1-3-7(8)5-6-9(11)12/h1-6,11-12H/b6-5+. The van der Waals surface area contributed by atoms with Gasteiger partial charge in [0.05, 0.1) is 0 Å². The van der Waals surface area contributed by atoms with Crippen LogP contribution < -0.4 is 0 Å². The highest BCUT2D eigenvalue weighted by Gasteiger charge is 1.99. The van der Waals surface area contributed by atoms with Crippen molar-refractivity contribution in [1.82, 2.24) is 0 Å². The van der Waals surface area contributed by atoms with Crippen LogP contribution in [0.2, 0.25) is 0 Å². The molecule has 0 heterocycles. The van der Waals surface area contributed by atoms with Crippen molar-refractivity contribution in [2.24, 2.45) is 0 Å². The van der Waals surface area contributed by atoms with Crippen LogP contribution in [0.4, 0.5) is 0 Å². The number of benzene rings is 1. The summed E-state index contributed by atoms with van der Waals surface area (Å²) in [7, 11) is -1.39. The third kappa shape index (κ3) is 2.81. The first-order valence-electron chi connectivity index (χ1n) is 3.49. The summed E-state index contributed by atoms with van der Waals surface area (Å²) in [5.74, 6) is 1.31. The maximum absolute atomic E-state index is 8.56. The lowest BCUT2D eigenvalue weighted by Crippen LogP contribution is -2.05. The molecule has 0 radical (unpaired) electrons. The molecule has 12 heavy (non-hydrogen) atoms. The van der Waals surface area contributed by atoms with Gasteiger partial charge in [-0.05, 0) is 11.6 Å². The van der Waals surface area contributed by atoms with Crippen molar-refractivity contribution in [1.29, 1.82) is 0 Å². The molecule has 4 heteroatoms. The van der Waals surface area contributed by atoms with E-state index in [1.165, 1.54) is 5.98 Å². The highest BCUT2D eigenvalue weighted by atomic mass is 79.9. The Bertz CT molecular complexity index is 286. The van der Waals surface area contributed by atoms with E-state index in [0.29, 0.717) is 0 Å². The zero-order chi connectivity index (χ0) is 8.97. The fourth-order valence-electron chi connectivity index (χ4n) is 0.800. The van der Waals surface area contributed by atoms with Crippen LogP contribution in [-0.4, -0.2) is 17.2 Å². The van der Waals surface area contributed by atoms with Gasteiger partial charge in [0.1, 0.15) is 0 Å². The first-order chi connectivity index (χ1) is 5.70. The summed E-state index contributed by atoms with van der Waals surface area (Å²) in [5, 5.41) is 17.1. The number of halogens is 1. The molecule has 62 valence electrons. The number of hydrogen-bond acceptors (Lipinski definition) is 2. The normalized spacial score (nSPS) is 10.6. The molecule has 0 bridgehead atoms. The SMILES string of the molecule is OB(O)/C=C/c1ccccc1Br. The lowest BCUT2D eigenvalue weighted by molar-refractivity contribution is 0.424. The number of rotatable bonds is 2. The topological polar surface area (TPSA) is 40.5 Å². The van der Waals surface area contributed by atoms with Gasteiger partial charge < -0.3 is 10.0 Å². The Morgan fingerprint density at radius 3 is 2.50 bits per heavy atom. The molecule has 0 amide bonds. The zero-order valence-electron chi connectivity index (χ0n) is 6.31. The Morgan fingerprint density at radius 1 is 1.25 bits per heavy atom. The molecule has 2 nitrogen and oxygen atoms in total. The van der Waals surface area contributed by atoms with E-state index < -0.39 is 7.12 Å². The van der Waals surface area contributed by atoms with Gasteiger partial charge in [0.25, 0.3) is 0 Å². The molecule has 0 aliphatic rings. The van der Waals surface area contributed by atoms with Gasteiger partial charge in [-0.2, -0.15) is 0 Å². The van der Waals surface area contributed by atoms with Crippen molar-refractivity contribution >= 4 is 29.1 Å². The molecule has 0 saturated carbocycles. The van der Waals surface area contributed by atoms with E-state index in [2.05, 4.69) is 15.9 Å². The van der Waals surface area contributed by atoms with Crippen molar-refractivity contribution < 1.29 is 10.0 Å². The second-order valence-corrected chi connectivity index (χ2v) is 3.15. The minimum Gasteiger partial charge on any atom is -0.424 e. The van der Waals surface area contributed by atoms with Crippen LogP contribution in [0.5, 0.6) is 0 Å². The van der Waals surface area contributed by atoms with E-state index >= 15 is 0 Å². The van der Waals surface area contributed by atoms with Crippen LogP contribution in [-0.2, 0) is 0 Å². The minimum absolute atomic E-state index is 0.922. The Balaban J connectivity index is 2.82. The molecule has 0 spiro atoms. The van der Waals surface area contributed by atoms with Crippen molar-refractivity contribution in [3.8, 4) is 0 Å². The monoisotopic (exact) mass is 226 g/mol. The second-order valence-electron chi connectivity index (χ2n) is 2.29. The summed E-state index contributed by atoms with van der Waals surface area (Å²) in [5.41, 5.74) is 0.922. The molecule has 0 fully saturated rings. The molecule has 0 atom stereocenters. The van der Waals surface area contributed by atoms with Crippen LogP contribution in [0.15, 0.2) is 34.7 Å². The van der Waals surface area contributed by atoms with Gasteiger partial charge in [-0.3, -0.25) is 0 Å². The fraction of sp³-hybridized carbons (Fsp3) is 0. The average Bonchev–Trinajstić information content (AvgIpc) is 2.03. The van der Waals surface area contributed by atoms with Crippen molar-refractivity contribution in [2.45, 2.75) is 0 Å². The average molecular weight is 227 g/mol. The lowest BCUT2D eigenvalue weighted by atomic mass is 9.91. The molecule has 1 aromatic carbocycles. The predicted octanol–water partition coefficient (Wildman–Crippen LogP) is 1.47. The first-order valence-corrected chi connectivity index (χ1v) is 4.28. The van der Waals surface area contributed by atoms with Crippen LogP contribution in [0, 0.1) is 0 Å². The van der Waals surface area contributed by atoms with Crippen LogP contribution in [0.1, 0.15) is 5.56 Å². The largest absolute Gasteiger partial charge is 0.480 e. The van der Waals surface area contributed by atoms with Gasteiger partial charge in [-0.15, -0.1) is 0 Å². The van der Waals surface area contributed by atoms with E-state index in [1.54, 1.807) is 6.08 Å². The van der Waals surface area contributed by atoms with Crippen LogP contribution in [0.25, 0.3) is 6.08 Å². The molecule has 0 aliphatic carbocycles. The van der Waals surface area contributed by atoms with E-state index in [9.17, 15) is 0 Å². The van der Waals surface area contributed by atoms with Crippen LogP contribution >= 0.6 is 15.9 Å².